The van der Waals surface area contributed by atoms with Crippen LogP contribution in [-0.4, -0.2) is 25.3 Å². The number of hydrogen-bond acceptors (Lipinski definition) is 4. The van der Waals surface area contributed by atoms with E-state index in [0.717, 1.165) is 12.2 Å². The van der Waals surface area contributed by atoms with Crippen LogP contribution < -0.4 is 10.1 Å². The second-order valence-electron chi connectivity index (χ2n) is 4.95. The number of rotatable bonds is 7. The van der Waals surface area contributed by atoms with Gasteiger partial charge in [-0.1, -0.05) is 18.2 Å². The van der Waals surface area contributed by atoms with Gasteiger partial charge >= 0.3 is 0 Å². The summed E-state index contributed by atoms with van der Waals surface area (Å²) >= 11 is 0. The Kier molecular flexibility index (Phi) is 5.58. The lowest BCUT2D eigenvalue weighted by Crippen LogP contribution is -2.06. The van der Waals surface area contributed by atoms with E-state index >= 15 is 0 Å². The summed E-state index contributed by atoms with van der Waals surface area (Å²) in [6, 6.07) is 10.2. The smallest absolute Gasteiger partial charge is 0.213 e. The van der Waals surface area contributed by atoms with Gasteiger partial charge in [0.05, 0.1) is 18.5 Å². The van der Waals surface area contributed by atoms with Crippen molar-refractivity contribution in [2.45, 2.75) is 20.4 Å². The maximum atomic E-state index is 5.44. The number of aryl methyl sites for hydroxylation is 2. The van der Waals surface area contributed by atoms with Crippen molar-refractivity contribution in [3.05, 3.63) is 53.2 Å². The summed E-state index contributed by atoms with van der Waals surface area (Å²) in [5.74, 6) is 0.615. The van der Waals surface area contributed by atoms with Gasteiger partial charge in [0, 0.05) is 19.7 Å². The fourth-order valence-electron chi connectivity index (χ4n) is 2.12. The van der Waals surface area contributed by atoms with Crippen LogP contribution in [0.3, 0.4) is 0 Å². The highest BCUT2D eigenvalue weighted by Gasteiger charge is 2.02. The lowest BCUT2D eigenvalue weighted by atomic mass is 10.0. The first kappa shape index (κ1) is 15.3. The summed E-state index contributed by atoms with van der Waals surface area (Å²) in [6.07, 6.45) is 1.79. The van der Waals surface area contributed by atoms with Crippen LogP contribution in [0.4, 0.5) is 5.69 Å². The van der Waals surface area contributed by atoms with Gasteiger partial charge in [-0.05, 0) is 36.6 Å². The molecule has 21 heavy (non-hydrogen) atoms. The molecule has 0 saturated heterocycles. The van der Waals surface area contributed by atoms with Gasteiger partial charge in [0.15, 0.2) is 0 Å². The lowest BCUT2D eigenvalue weighted by Gasteiger charge is -2.12. The molecule has 0 fully saturated rings. The SMILES string of the molecule is COCCOc1ccc(NCc2c(C)cccc2C)cn1. The minimum absolute atomic E-state index is 0.513. The highest BCUT2D eigenvalue weighted by molar-refractivity contribution is 5.44. The van der Waals surface area contributed by atoms with Crippen LogP contribution in [0.25, 0.3) is 0 Å². The number of anilines is 1. The molecule has 0 radical (unpaired) electrons. The quantitative estimate of drug-likeness (QED) is 0.793. The molecule has 2 aromatic rings. The molecule has 0 amide bonds. The molecule has 0 unspecified atom stereocenters. The largest absolute Gasteiger partial charge is 0.475 e. The summed E-state index contributed by atoms with van der Waals surface area (Å²) in [6.45, 7) is 6.14. The van der Waals surface area contributed by atoms with E-state index in [1.54, 1.807) is 13.3 Å². The number of pyridine rings is 1. The maximum absolute atomic E-state index is 5.44. The maximum Gasteiger partial charge on any atom is 0.213 e. The van der Waals surface area contributed by atoms with E-state index in [2.05, 4.69) is 42.3 Å². The third kappa shape index (κ3) is 4.46. The Balaban J connectivity index is 1.92. The molecule has 0 aliphatic carbocycles. The standard InChI is InChI=1S/C17H22N2O2/c1-13-5-4-6-14(2)16(13)12-18-15-7-8-17(19-11-15)21-10-9-20-3/h4-8,11,18H,9-10,12H2,1-3H3. The van der Waals surface area contributed by atoms with E-state index in [4.69, 9.17) is 9.47 Å². The molecule has 0 aliphatic rings. The number of nitrogens with one attached hydrogen (secondary N) is 1. The normalized spacial score (nSPS) is 10.4. The highest BCUT2D eigenvalue weighted by Crippen LogP contribution is 2.17. The Hall–Kier alpha value is -2.07. The summed E-state index contributed by atoms with van der Waals surface area (Å²) < 4.78 is 10.4. The number of nitrogens with zero attached hydrogens (tertiary/aromatic N) is 1. The average molecular weight is 286 g/mol. The van der Waals surface area contributed by atoms with Crippen LogP contribution in [0.5, 0.6) is 5.88 Å². The first-order valence-electron chi connectivity index (χ1n) is 7.07. The predicted octanol–water partition coefficient (Wildman–Crippen LogP) is 3.34. The van der Waals surface area contributed by atoms with Crippen LogP contribution in [-0.2, 0) is 11.3 Å². The van der Waals surface area contributed by atoms with Crippen molar-refractivity contribution >= 4 is 5.69 Å². The molecule has 1 N–H and O–H groups in total. The molecular formula is C17H22N2O2. The highest BCUT2D eigenvalue weighted by atomic mass is 16.5. The van der Waals surface area contributed by atoms with Gasteiger partial charge in [0.1, 0.15) is 6.61 Å². The molecule has 0 aliphatic heterocycles. The molecule has 1 aromatic heterocycles. The Morgan fingerprint density at radius 2 is 1.81 bits per heavy atom. The first-order valence-corrected chi connectivity index (χ1v) is 7.07. The zero-order valence-electron chi connectivity index (χ0n) is 12.8. The van der Waals surface area contributed by atoms with Crippen LogP contribution >= 0.6 is 0 Å². The minimum Gasteiger partial charge on any atom is -0.475 e. The Labute approximate surface area is 126 Å². The van der Waals surface area contributed by atoms with Gasteiger partial charge in [0.2, 0.25) is 5.88 Å². The van der Waals surface area contributed by atoms with Gasteiger partial charge < -0.3 is 14.8 Å². The summed E-state index contributed by atoms with van der Waals surface area (Å²) in [7, 11) is 1.65. The van der Waals surface area contributed by atoms with Gasteiger partial charge in [-0.2, -0.15) is 0 Å². The fourth-order valence-corrected chi connectivity index (χ4v) is 2.12. The number of methoxy groups -OCH3 is 1. The van der Waals surface area contributed by atoms with Crippen molar-refractivity contribution in [3.63, 3.8) is 0 Å². The molecular weight excluding hydrogens is 264 g/mol. The van der Waals surface area contributed by atoms with Crippen molar-refractivity contribution in [2.75, 3.05) is 25.6 Å². The van der Waals surface area contributed by atoms with Crippen LogP contribution in [0.2, 0.25) is 0 Å². The zero-order valence-corrected chi connectivity index (χ0v) is 12.8. The van der Waals surface area contributed by atoms with Crippen LogP contribution in [0.15, 0.2) is 36.5 Å². The van der Waals surface area contributed by atoms with E-state index in [1.165, 1.54) is 16.7 Å². The number of benzene rings is 1. The van der Waals surface area contributed by atoms with Crippen LogP contribution in [0.1, 0.15) is 16.7 Å². The van der Waals surface area contributed by atoms with Gasteiger partial charge in [-0.25, -0.2) is 4.98 Å². The molecule has 4 nitrogen and oxygen atoms in total. The van der Waals surface area contributed by atoms with E-state index in [0.29, 0.717) is 19.1 Å². The van der Waals surface area contributed by atoms with Gasteiger partial charge in [-0.3, -0.25) is 0 Å². The predicted molar refractivity (Wildman–Crippen MR) is 84.9 cm³/mol. The fraction of sp³-hybridized carbons (Fsp3) is 0.353. The molecule has 112 valence electrons. The third-order valence-corrected chi connectivity index (χ3v) is 3.39. The van der Waals surface area contributed by atoms with Crippen molar-refractivity contribution in [1.29, 1.82) is 0 Å². The van der Waals surface area contributed by atoms with Gasteiger partial charge in [0.25, 0.3) is 0 Å². The summed E-state index contributed by atoms with van der Waals surface area (Å²) in [5, 5.41) is 3.39. The van der Waals surface area contributed by atoms with E-state index in [9.17, 15) is 0 Å². The monoisotopic (exact) mass is 286 g/mol. The van der Waals surface area contributed by atoms with E-state index in [1.807, 2.05) is 12.1 Å². The summed E-state index contributed by atoms with van der Waals surface area (Å²) in [5.41, 5.74) is 4.92. The molecule has 0 bridgehead atoms. The Morgan fingerprint density at radius 3 is 2.43 bits per heavy atom. The number of aromatic nitrogens is 1. The molecule has 4 heteroatoms. The topological polar surface area (TPSA) is 43.4 Å². The van der Waals surface area contributed by atoms with Crippen molar-refractivity contribution < 1.29 is 9.47 Å². The molecule has 1 heterocycles. The number of ether oxygens (including phenoxy) is 2. The van der Waals surface area contributed by atoms with E-state index in [-0.39, 0.29) is 0 Å². The van der Waals surface area contributed by atoms with Crippen molar-refractivity contribution in [1.82, 2.24) is 4.98 Å². The Morgan fingerprint density at radius 1 is 1.05 bits per heavy atom. The first-order chi connectivity index (χ1) is 10.2. The molecule has 2 rings (SSSR count). The summed E-state index contributed by atoms with van der Waals surface area (Å²) in [4.78, 5) is 4.27. The molecule has 0 spiro atoms. The van der Waals surface area contributed by atoms with Gasteiger partial charge in [-0.15, -0.1) is 0 Å². The second kappa shape index (κ2) is 7.64. The van der Waals surface area contributed by atoms with E-state index < -0.39 is 0 Å². The van der Waals surface area contributed by atoms with Crippen molar-refractivity contribution in [2.24, 2.45) is 0 Å². The number of hydrogen-bond donors (Lipinski definition) is 1. The minimum atomic E-state index is 0.513. The zero-order chi connectivity index (χ0) is 15.1. The third-order valence-electron chi connectivity index (χ3n) is 3.39. The van der Waals surface area contributed by atoms with Crippen LogP contribution in [0, 0.1) is 13.8 Å². The molecule has 0 saturated carbocycles. The average Bonchev–Trinajstić information content (AvgIpc) is 2.48. The lowest BCUT2D eigenvalue weighted by molar-refractivity contribution is 0.144. The molecule has 0 atom stereocenters. The molecule has 1 aromatic carbocycles. The second-order valence-corrected chi connectivity index (χ2v) is 4.95. The van der Waals surface area contributed by atoms with Crippen molar-refractivity contribution in [3.8, 4) is 5.88 Å². The Bertz CT molecular complexity index is 547.